The zero-order valence-corrected chi connectivity index (χ0v) is 14.4. The molecule has 0 radical (unpaired) electrons. The molecule has 0 aromatic heterocycles. The van der Waals surface area contributed by atoms with Crippen molar-refractivity contribution in [3.8, 4) is 0 Å². The standard InChI is InChI=1S/C22H25NO/c1-15(18-11-9-17-7-4-8-20(17)13-18)23-22(24)21-12-10-16-5-2-3-6-19(16)14-21/h9-15H,2-8H2,1H3,(H,23,24)/t15-/m1/s1. The van der Waals surface area contributed by atoms with Crippen LogP contribution in [0, 0.1) is 0 Å². The van der Waals surface area contributed by atoms with E-state index < -0.39 is 0 Å². The zero-order valence-electron chi connectivity index (χ0n) is 14.4. The van der Waals surface area contributed by atoms with Crippen LogP contribution < -0.4 is 5.32 Å². The fourth-order valence-electron chi connectivity index (χ4n) is 4.10. The molecule has 2 heteroatoms. The lowest BCUT2D eigenvalue weighted by Gasteiger charge is -2.18. The Bertz CT molecular complexity index is 778. The fourth-order valence-corrected chi connectivity index (χ4v) is 4.10. The number of hydrogen-bond acceptors (Lipinski definition) is 1. The van der Waals surface area contributed by atoms with Crippen LogP contribution in [-0.4, -0.2) is 5.91 Å². The summed E-state index contributed by atoms with van der Waals surface area (Å²) in [5, 5.41) is 3.17. The minimum atomic E-state index is 0.0383. The largest absolute Gasteiger partial charge is 0.346 e. The quantitative estimate of drug-likeness (QED) is 0.884. The SMILES string of the molecule is C[C@@H](NC(=O)c1ccc2c(c1)CCCC2)c1ccc2c(c1)CCC2. The first-order chi connectivity index (χ1) is 11.7. The third-order valence-corrected chi connectivity index (χ3v) is 5.58. The van der Waals surface area contributed by atoms with E-state index in [1.807, 2.05) is 6.07 Å². The maximum Gasteiger partial charge on any atom is 0.251 e. The lowest BCUT2D eigenvalue weighted by Crippen LogP contribution is -2.27. The van der Waals surface area contributed by atoms with E-state index in [0.717, 1.165) is 18.4 Å². The number of rotatable bonds is 3. The fraction of sp³-hybridized carbons (Fsp3) is 0.409. The number of fused-ring (bicyclic) bond motifs is 2. The Balaban J connectivity index is 1.49. The van der Waals surface area contributed by atoms with E-state index in [2.05, 4.69) is 42.6 Å². The third-order valence-electron chi connectivity index (χ3n) is 5.58. The van der Waals surface area contributed by atoms with E-state index in [4.69, 9.17) is 0 Å². The lowest BCUT2D eigenvalue weighted by atomic mass is 9.90. The summed E-state index contributed by atoms with van der Waals surface area (Å²) in [7, 11) is 0. The molecule has 124 valence electrons. The van der Waals surface area contributed by atoms with Crippen LogP contribution in [0.25, 0.3) is 0 Å². The van der Waals surface area contributed by atoms with Gasteiger partial charge in [-0.25, -0.2) is 0 Å². The number of nitrogens with one attached hydrogen (secondary N) is 1. The van der Waals surface area contributed by atoms with Gasteiger partial charge >= 0.3 is 0 Å². The van der Waals surface area contributed by atoms with Crippen molar-refractivity contribution in [3.05, 3.63) is 69.8 Å². The molecule has 2 aromatic carbocycles. The topological polar surface area (TPSA) is 29.1 Å². The highest BCUT2D eigenvalue weighted by Crippen LogP contribution is 2.26. The molecular formula is C22H25NO. The lowest BCUT2D eigenvalue weighted by molar-refractivity contribution is 0.0939. The molecule has 24 heavy (non-hydrogen) atoms. The van der Waals surface area contributed by atoms with Crippen LogP contribution in [0.15, 0.2) is 36.4 Å². The van der Waals surface area contributed by atoms with Crippen molar-refractivity contribution < 1.29 is 4.79 Å². The van der Waals surface area contributed by atoms with Gasteiger partial charge in [-0.1, -0.05) is 24.3 Å². The van der Waals surface area contributed by atoms with Gasteiger partial charge in [0.2, 0.25) is 0 Å². The van der Waals surface area contributed by atoms with Crippen LogP contribution in [0.1, 0.15) is 70.4 Å². The number of benzene rings is 2. The van der Waals surface area contributed by atoms with Crippen molar-refractivity contribution in [1.82, 2.24) is 5.32 Å². The molecule has 1 atom stereocenters. The Labute approximate surface area is 144 Å². The Morgan fingerprint density at radius 2 is 1.46 bits per heavy atom. The van der Waals surface area contributed by atoms with Crippen molar-refractivity contribution in [1.29, 1.82) is 0 Å². The van der Waals surface area contributed by atoms with Crippen LogP contribution in [0.5, 0.6) is 0 Å². The van der Waals surface area contributed by atoms with E-state index >= 15 is 0 Å². The Hall–Kier alpha value is -2.09. The van der Waals surface area contributed by atoms with Crippen molar-refractivity contribution >= 4 is 5.91 Å². The molecule has 2 nitrogen and oxygen atoms in total. The van der Waals surface area contributed by atoms with Crippen LogP contribution in [0.4, 0.5) is 0 Å². The molecule has 1 amide bonds. The number of amides is 1. The summed E-state index contributed by atoms with van der Waals surface area (Å²) in [6.45, 7) is 2.08. The second-order valence-electron chi connectivity index (χ2n) is 7.27. The summed E-state index contributed by atoms with van der Waals surface area (Å²) in [6.07, 6.45) is 8.41. The number of aryl methyl sites for hydroxylation is 4. The Morgan fingerprint density at radius 1 is 0.833 bits per heavy atom. The number of carbonyl (C=O) groups excluding carboxylic acids is 1. The summed E-state index contributed by atoms with van der Waals surface area (Å²) < 4.78 is 0. The monoisotopic (exact) mass is 319 g/mol. The molecule has 0 bridgehead atoms. The van der Waals surface area contributed by atoms with Gasteiger partial charge < -0.3 is 5.32 Å². The molecule has 0 saturated carbocycles. The summed E-state index contributed by atoms with van der Waals surface area (Å²) in [6, 6.07) is 12.9. The summed E-state index contributed by atoms with van der Waals surface area (Å²) in [4.78, 5) is 12.6. The summed E-state index contributed by atoms with van der Waals surface area (Å²) >= 11 is 0. The molecule has 4 rings (SSSR count). The Morgan fingerprint density at radius 3 is 2.29 bits per heavy atom. The molecular weight excluding hydrogens is 294 g/mol. The minimum Gasteiger partial charge on any atom is -0.346 e. The van der Waals surface area contributed by atoms with Gasteiger partial charge in [0.15, 0.2) is 0 Å². The molecule has 2 aliphatic carbocycles. The summed E-state index contributed by atoms with van der Waals surface area (Å²) in [5.41, 5.74) is 7.73. The van der Waals surface area contributed by atoms with Crippen molar-refractivity contribution in [2.24, 2.45) is 0 Å². The molecule has 0 fully saturated rings. The van der Waals surface area contributed by atoms with Crippen molar-refractivity contribution in [2.75, 3.05) is 0 Å². The highest BCUT2D eigenvalue weighted by molar-refractivity contribution is 5.94. The van der Waals surface area contributed by atoms with Gasteiger partial charge in [0.05, 0.1) is 6.04 Å². The van der Waals surface area contributed by atoms with Gasteiger partial charge in [-0.05, 0) is 91.8 Å². The highest BCUT2D eigenvalue weighted by Gasteiger charge is 2.17. The second kappa shape index (κ2) is 6.43. The van der Waals surface area contributed by atoms with E-state index in [-0.39, 0.29) is 11.9 Å². The van der Waals surface area contributed by atoms with E-state index in [1.54, 1.807) is 0 Å². The summed E-state index contributed by atoms with van der Waals surface area (Å²) in [5.74, 6) is 0.0383. The van der Waals surface area contributed by atoms with E-state index in [0.29, 0.717) is 0 Å². The van der Waals surface area contributed by atoms with Gasteiger partial charge in [-0.3, -0.25) is 4.79 Å². The normalized spacial score (nSPS) is 17.0. The molecule has 2 aromatic rings. The number of hydrogen-bond donors (Lipinski definition) is 1. The van der Waals surface area contributed by atoms with Gasteiger partial charge in [-0.15, -0.1) is 0 Å². The maximum absolute atomic E-state index is 12.6. The number of carbonyl (C=O) groups is 1. The predicted octanol–water partition coefficient (Wildman–Crippen LogP) is 4.55. The van der Waals surface area contributed by atoms with Gasteiger partial charge in [0, 0.05) is 5.56 Å². The molecule has 0 heterocycles. The highest BCUT2D eigenvalue weighted by atomic mass is 16.1. The molecule has 0 unspecified atom stereocenters. The van der Waals surface area contributed by atoms with Gasteiger partial charge in [-0.2, -0.15) is 0 Å². The molecule has 2 aliphatic rings. The molecule has 0 aliphatic heterocycles. The van der Waals surface area contributed by atoms with Gasteiger partial charge in [0.25, 0.3) is 5.91 Å². The average Bonchev–Trinajstić information content (AvgIpc) is 3.08. The average molecular weight is 319 g/mol. The first-order valence-corrected chi connectivity index (χ1v) is 9.25. The molecule has 0 saturated heterocycles. The minimum absolute atomic E-state index is 0.0383. The maximum atomic E-state index is 12.6. The van der Waals surface area contributed by atoms with Gasteiger partial charge in [0.1, 0.15) is 0 Å². The molecule has 0 spiro atoms. The second-order valence-corrected chi connectivity index (χ2v) is 7.27. The van der Waals surface area contributed by atoms with Crippen LogP contribution in [0.2, 0.25) is 0 Å². The van der Waals surface area contributed by atoms with E-state index in [1.165, 1.54) is 59.9 Å². The van der Waals surface area contributed by atoms with Crippen LogP contribution in [-0.2, 0) is 25.7 Å². The van der Waals surface area contributed by atoms with Crippen LogP contribution >= 0.6 is 0 Å². The predicted molar refractivity (Wildman–Crippen MR) is 97.4 cm³/mol. The third kappa shape index (κ3) is 2.98. The zero-order chi connectivity index (χ0) is 16.5. The Kier molecular flexibility index (Phi) is 4.13. The first-order valence-electron chi connectivity index (χ1n) is 9.25. The first kappa shape index (κ1) is 15.4. The van der Waals surface area contributed by atoms with Crippen molar-refractivity contribution in [3.63, 3.8) is 0 Å². The van der Waals surface area contributed by atoms with Crippen molar-refractivity contribution in [2.45, 2.75) is 57.9 Å². The van der Waals surface area contributed by atoms with Crippen LogP contribution in [0.3, 0.4) is 0 Å². The molecule has 1 N–H and O–H groups in total. The smallest absolute Gasteiger partial charge is 0.251 e. The van der Waals surface area contributed by atoms with E-state index in [9.17, 15) is 4.79 Å².